The van der Waals surface area contributed by atoms with Crippen LogP contribution in [0, 0.1) is 0 Å². The molecule has 1 unspecified atom stereocenters. The van der Waals surface area contributed by atoms with Gasteiger partial charge in [-0.25, -0.2) is 0 Å². The summed E-state index contributed by atoms with van der Waals surface area (Å²) < 4.78 is 0. The molecule has 7 heteroatoms. The molecule has 1 atom stereocenters. The molecule has 0 saturated carbocycles. The predicted octanol–water partition coefficient (Wildman–Crippen LogP) is -0.402. The Morgan fingerprint density at radius 2 is 2.05 bits per heavy atom. The lowest BCUT2D eigenvalue weighted by atomic mass is 10.0. The number of nitrogens with one attached hydrogen (secondary N) is 4. The van der Waals surface area contributed by atoms with E-state index in [9.17, 15) is 14.4 Å². The Morgan fingerprint density at radius 1 is 1.19 bits per heavy atom. The number of carbonyl (C=O) groups excluding carboxylic acids is 3. The summed E-state index contributed by atoms with van der Waals surface area (Å²) in [7, 11) is 0. The molecule has 4 N–H and O–H groups in total. The molecule has 1 aromatic carbocycles. The molecule has 7 nitrogen and oxygen atoms in total. The van der Waals surface area contributed by atoms with Crippen LogP contribution in [0.2, 0.25) is 0 Å². The Morgan fingerprint density at radius 3 is 2.81 bits per heavy atom. The summed E-state index contributed by atoms with van der Waals surface area (Å²) in [5, 5.41) is 11.1. The maximum Gasteiger partial charge on any atom is 0.243 e. The van der Waals surface area contributed by atoms with Gasteiger partial charge in [-0.05, 0) is 30.2 Å². The summed E-state index contributed by atoms with van der Waals surface area (Å²) in [5.74, 6) is -0.278. The van der Waals surface area contributed by atoms with Crippen LogP contribution in [0.15, 0.2) is 18.2 Å². The number of amides is 3. The number of fused-ring (bicyclic) bond motifs is 1. The summed E-state index contributed by atoms with van der Waals surface area (Å²) >= 11 is 0. The van der Waals surface area contributed by atoms with Crippen molar-refractivity contribution in [3.8, 4) is 0 Å². The van der Waals surface area contributed by atoms with E-state index in [1.807, 2.05) is 6.07 Å². The fourth-order valence-electron chi connectivity index (χ4n) is 2.44. The quantitative estimate of drug-likeness (QED) is 0.595. The van der Waals surface area contributed by atoms with Crippen molar-refractivity contribution in [2.24, 2.45) is 0 Å². The minimum atomic E-state index is -0.432. The first-order valence-electron chi connectivity index (χ1n) is 6.85. The zero-order valence-electron chi connectivity index (χ0n) is 11.4. The van der Waals surface area contributed by atoms with Crippen molar-refractivity contribution < 1.29 is 14.4 Å². The number of aryl methyl sites for hydroxylation is 1. The highest BCUT2D eigenvalue weighted by atomic mass is 16.2. The van der Waals surface area contributed by atoms with Crippen LogP contribution in [0.4, 0.5) is 11.4 Å². The number of hydrogen-bond donors (Lipinski definition) is 4. The molecule has 1 aromatic rings. The van der Waals surface area contributed by atoms with Crippen molar-refractivity contribution in [1.82, 2.24) is 10.6 Å². The third-order valence-corrected chi connectivity index (χ3v) is 3.60. The van der Waals surface area contributed by atoms with Crippen LogP contribution in [-0.4, -0.2) is 36.9 Å². The summed E-state index contributed by atoms with van der Waals surface area (Å²) in [4.78, 5) is 34.4. The molecule has 110 valence electrons. The molecule has 1 fully saturated rings. The van der Waals surface area contributed by atoms with E-state index in [2.05, 4.69) is 21.3 Å². The van der Waals surface area contributed by atoms with E-state index >= 15 is 0 Å². The number of hydrogen-bond acceptors (Lipinski definition) is 4. The fraction of sp³-hybridized carbons (Fsp3) is 0.357. The van der Waals surface area contributed by atoms with E-state index in [1.54, 1.807) is 12.1 Å². The van der Waals surface area contributed by atoms with Crippen molar-refractivity contribution in [3.63, 3.8) is 0 Å². The molecule has 3 rings (SSSR count). The van der Waals surface area contributed by atoms with Crippen molar-refractivity contribution in [1.29, 1.82) is 0 Å². The fourth-order valence-corrected chi connectivity index (χ4v) is 2.44. The lowest BCUT2D eigenvalue weighted by Crippen LogP contribution is -2.56. The largest absolute Gasteiger partial charge is 0.353 e. The van der Waals surface area contributed by atoms with E-state index in [0.29, 0.717) is 18.5 Å². The Kier molecular flexibility index (Phi) is 3.57. The topological polar surface area (TPSA) is 99.3 Å². The van der Waals surface area contributed by atoms with Gasteiger partial charge in [-0.15, -0.1) is 0 Å². The molecular formula is C14H16N4O3. The Hall–Kier alpha value is -2.41. The molecule has 0 radical (unpaired) electrons. The Balaban J connectivity index is 1.66. The summed E-state index contributed by atoms with van der Waals surface area (Å²) in [5.41, 5.74) is 2.50. The lowest BCUT2D eigenvalue weighted by Gasteiger charge is -2.23. The van der Waals surface area contributed by atoms with Crippen molar-refractivity contribution in [3.05, 3.63) is 23.8 Å². The van der Waals surface area contributed by atoms with Gasteiger partial charge in [0.15, 0.2) is 0 Å². The van der Waals surface area contributed by atoms with Crippen molar-refractivity contribution in [2.45, 2.75) is 18.9 Å². The molecule has 3 amide bonds. The lowest BCUT2D eigenvalue weighted by molar-refractivity contribution is -0.124. The van der Waals surface area contributed by atoms with Gasteiger partial charge in [0, 0.05) is 24.3 Å². The molecule has 0 spiro atoms. The van der Waals surface area contributed by atoms with Crippen LogP contribution in [-0.2, 0) is 20.8 Å². The Labute approximate surface area is 121 Å². The number of benzene rings is 1. The SMILES string of the molecule is O=C1CNC(C(=O)Nc2ccc3c(c2)CCC(=O)N3)CN1. The molecular weight excluding hydrogens is 272 g/mol. The molecule has 0 aliphatic carbocycles. The molecule has 0 bridgehead atoms. The van der Waals surface area contributed by atoms with Crippen LogP contribution < -0.4 is 21.3 Å². The minimum absolute atomic E-state index is 0.0152. The van der Waals surface area contributed by atoms with Crippen LogP contribution in [0.3, 0.4) is 0 Å². The van der Waals surface area contributed by atoms with Gasteiger partial charge in [-0.2, -0.15) is 0 Å². The van der Waals surface area contributed by atoms with Crippen LogP contribution >= 0.6 is 0 Å². The average Bonchev–Trinajstić information content (AvgIpc) is 2.48. The van der Waals surface area contributed by atoms with Crippen LogP contribution in [0.1, 0.15) is 12.0 Å². The standard InChI is InChI=1S/C14H16N4O3/c19-12-4-1-8-5-9(2-3-10(8)18-12)17-14(21)11-6-16-13(20)7-15-11/h2-3,5,11,15H,1,4,6-7H2,(H,16,20)(H,17,21)(H,18,19). The average molecular weight is 288 g/mol. The second kappa shape index (κ2) is 5.53. The zero-order valence-corrected chi connectivity index (χ0v) is 11.4. The molecule has 21 heavy (non-hydrogen) atoms. The van der Waals surface area contributed by atoms with E-state index in [4.69, 9.17) is 0 Å². The molecule has 1 saturated heterocycles. The molecule has 2 aliphatic heterocycles. The summed E-state index contributed by atoms with van der Waals surface area (Å²) in [6, 6.07) is 4.98. The smallest absolute Gasteiger partial charge is 0.243 e. The maximum atomic E-state index is 12.1. The van der Waals surface area contributed by atoms with Gasteiger partial charge in [-0.1, -0.05) is 0 Å². The highest BCUT2D eigenvalue weighted by Gasteiger charge is 2.24. The Bertz CT molecular complexity index is 604. The second-order valence-electron chi connectivity index (χ2n) is 5.15. The highest BCUT2D eigenvalue weighted by Crippen LogP contribution is 2.25. The third-order valence-electron chi connectivity index (χ3n) is 3.60. The number of piperazine rings is 1. The van der Waals surface area contributed by atoms with Gasteiger partial charge in [0.25, 0.3) is 0 Å². The first kappa shape index (κ1) is 13.6. The van der Waals surface area contributed by atoms with E-state index < -0.39 is 6.04 Å². The first-order chi connectivity index (χ1) is 10.1. The molecule has 0 aromatic heterocycles. The van der Waals surface area contributed by atoms with E-state index in [-0.39, 0.29) is 30.8 Å². The van der Waals surface area contributed by atoms with Gasteiger partial charge in [0.05, 0.1) is 6.54 Å². The second-order valence-corrected chi connectivity index (χ2v) is 5.15. The van der Waals surface area contributed by atoms with E-state index in [1.165, 1.54) is 0 Å². The number of carbonyl (C=O) groups is 3. The van der Waals surface area contributed by atoms with Gasteiger partial charge < -0.3 is 16.0 Å². The highest BCUT2D eigenvalue weighted by molar-refractivity contribution is 5.98. The van der Waals surface area contributed by atoms with Gasteiger partial charge in [-0.3, -0.25) is 19.7 Å². The summed E-state index contributed by atoms with van der Waals surface area (Å²) in [6.07, 6.45) is 1.13. The normalized spacial score (nSPS) is 21.0. The van der Waals surface area contributed by atoms with Gasteiger partial charge in [0.1, 0.15) is 6.04 Å². The predicted molar refractivity (Wildman–Crippen MR) is 76.8 cm³/mol. The number of rotatable bonds is 2. The zero-order chi connectivity index (χ0) is 14.8. The van der Waals surface area contributed by atoms with Crippen LogP contribution in [0.5, 0.6) is 0 Å². The number of anilines is 2. The van der Waals surface area contributed by atoms with Crippen molar-refractivity contribution in [2.75, 3.05) is 23.7 Å². The van der Waals surface area contributed by atoms with Crippen molar-refractivity contribution >= 4 is 29.1 Å². The van der Waals surface area contributed by atoms with E-state index in [0.717, 1.165) is 11.3 Å². The van der Waals surface area contributed by atoms with Gasteiger partial charge >= 0.3 is 0 Å². The maximum absolute atomic E-state index is 12.1. The monoisotopic (exact) mass is 288 g/mol. The first-order valence-corrected chi connectivity index (χ1v) is 6.85. The molecule has 2 aliphatic rings. The summed E-state index contributed by atoms with van der Waals surface area (Å²) in [6.45, 7) is 0.431. The van der Waals surface area contributed by atoms with Crippen LogP contribution in [0.25, 0.3) is 0 Å². The molecule has 2 heterocycles. The van der Waals surface area contributed by atoms with Gasteiger partial charge in [0.2, 0.25) is 17.7 Å². The minimum Gasteiger partial charge on any atom is -0.353 e. The third kappa shape index (κ3) is 3.03.